The lowest BCUT2D eigenvalue weighted by molar-refractivity contribution is 0.990. The topological polar surface area (TPSA) is 51.8 Å². The normalized spacial score (nSPS) is 10.8. The maximum Gasteiger partial charge on any atom is 0.223 e. The molecular formula is C10H10ClN3. The summed E-state index contributed by atoms with van der Waals surface area (Å²) in [5.41, 5.74) is 8.39. The van der Waals surface area contributed by atoms with E-state index < -0.39 is 0 Å². The minimum absolute atomic E-state index is 0.252. The van der Waals surface area contributed by atoms with Crippen molar-refractivity contribution < 1.29 is 0 Å². The number of nitrogens with two attached hydrogens (primary N) is 1. The van der Waals surface area contributed by atoms with Crippen LogP contribution in [0.25, 0.3) is 10.9 Å². The smallest absolute Gasteiger partial charge is 0.223 e. The van der Waals surface area contributed by atoms with Crippen molar-refractivity contribution in [3.05, 3.63) is 34.7 Å². The maximum atomic E-state index is 5.76. The highest BCUT2D eigenvalue weighted by molar-refractivity contribution is 6.28. The fraction of sp³-hybridized carbons (Fsp3) is 0.200. The van der Waals surface area contributed by atoms with Crippen LogP contribution in [-0.4, -0.2) is 9.97 Å². The van der Waals surface area contributed by atoms with Crippen LogP contribution in [0.15, 0.2) is 18.2 Å². The van der Waals surface area contributed by atoms with Gasteiger partial charge in [-0.3, -0.25) is 0 Å². The summed E-state index contributed by atoms with van der Waals surface area (Å²) < 4.78 is 0. The van der Waals surface area contributed by atoms with E-state index in [1.54, 1.807) is 0 Å². The summed E-state index contributed by atoms with van der Waals surface area (Å²) >= 11 is 5.76. The molecule has 0 radical (unpaired) electrons. The second-order valence-corrected chi connectivity index (χ2v) is 3.50. The molecule has 0 saturated carbocycles. The molecule has 0 spiro atoms. The van der Waals surface area contributed by atoms with Gasteiger partial charge in [-0.05, 0) is 30.7 Å². The summed E-state index contributed by atoms with van der Waals surface area (Å²) in [6.07, 6.45) is 0. The van der Waals surface area contributed by atoms with Crippen LogP contribution >= 0.6 is 11.6 Å². The van der Waals surface area contributed by atoms with Gasteiger partial charge in [-0.25, -0.2) is 9.97 Å². The van der Waals surface area contributed by atoms with E-state index in [1.165, 1.54) is 0 Å². The lowest BCUT2D eigenvalue weighted by atomic mass is 10.1. The Balaban J connectivity index is 2.81. The minimum atomic E-state index is 0.252. The molecule has 1 heterocycles. The highest BCUT2D eigenvalue weighted by Gasteiger charge is 2.04. The lowest BCUT2D eigenvalue weighted by Gasteiger charge is -2.04. The first-order valence-corrected chi connectivity index (χ1v) is 4.71. The number of hydrogen-bond donors (Lipinski definition) is 1. The van der Waals surface area contributed by atoms with Gasteiger partial charge in [0.05, 0.1) is 11.2 Å². The molecule has 4 heteroatoms. The number of fused-ring (bicyclic) bond motifs is 1. The average Bonchev–Trinajstić information content (AvgIpc) is 2.17. The van der Waals surface area contributed by atoms with Gasteiger partial charge in [0.25, 0.3) is 0 Å². The zero-order valence-electron chi connectivity index (χ0n) is 7.79. The van der Waals surface area contributed by atoms with E-state index in [1.807, 2.05) is 25.1 Å². The molecule has 1 aromatic heterocycles. The zero-order valence-corrected chi connectivity index (χ0v) is 8.54. The molecule has 0 unspecified atom stereocenters. The van der Waals surface area contributed by atoms with Gasteiger partial charge in [-0.15, -0.1) is 0 Å². The molecule has 14 heavy (non-hydrogen) atoms. The molecule has 2 rings (SSSR count). The van der Waals surface area contributed by atoms with E-state index in [0.29, 0.717) is 6.54 Å². The number of aryl methyl sites for hydroxylation is 1. The van der Waals surface area contributed by atoms with Crippen LogP contribution in [0.2, 0.25) is 5.28 Å². The number of nitrogens with zero attached hydrogens (tertiary/aromatic N) is 2. The van der Waals surface area contributed by atoms with Crippen LogP contribution in [0.4, 0.5) is 0 Å². The van der Waals surface area contributed by atoms with Crippen molar-refractivity contribution in [3.63, 3.8) is 0 Å². The number of benzene rings is 1. The van der Waals surface area contributed by atoms with Gasteiger partial charge < -0.3 is 5.73 Å². The zero-order chi connectivity index (χ0) is 10.1. The number of rotatable bonds is 1. The second-order valence-electron chi connectivity index (χ2n) is 3.16. The van der Waals surface area contributed by atoms with Crippen molar-refractivity contribution in [2.24, 2.45) is 5.73 Å². The number of halogens is 1. The van der Waals surface area contributed by atoms with Gasteiger partial charge in [-0.2, -0.15) is 0 Å². The Kier molecular flexibility index (Phi) is 2.35. The fourth-order valence-electron chi connectivity index (χ4n) is 1.43. The van der Waals surface area contributed by atoms with Crippen LogP contribution < -0.4 is 5.73 Å². The van der Waals surface area contributed by atoms with Crippen LogP contribution in [-0.2, 0) is 6.54 Å². The molecular weight excluding hydrogens is 198 g/mol. The van der Waals surface area contributed by atoms with Crippen LogP contribution in [0, 0.1) is 6.92 Å². The first-order chi connectivity index (χ1) is 6.70. The molecule has 0 aliphatic carbocycles. The Morgan fingerprint density at radius 3 is 2.86 bits per heavy atom. The second kappa shape index (κ2) is 3.52. The molecule has 0 saturated heterocycles. The SMILES string of the molecule is Cc1ccc2nc(Cl)nc(CN)c2c1. The molecule has 2 N–H and O–H groups in total. The summed E-state index contributed by atoms with van der Waals surface area (Å²) in [6, 6.07) is 5.94. The third-order valence-electron chi connectivity index (χ3n) is 2.10. The Labute approximate surface area is 86.9 Å². The van der Waals surface area contributed by atoms with E-state index in [-0.39, 0.29) is 5.28 Å². The molecule has 0 aliphatic rings. The van der Waals surface area contributed by atoms with E-state index in [4.69, 9.17) is 17.3 Å². The van der Waals surface area contributed by atoms with E-state index >= 15 is 0 Å². The van der Waals surface area contributed by atoms with Crippen molar-refractivity contribution in [2.75, 3.05) is 0 Å². The van der Waals surface area contributed by atoms with Gasteiger partial charge in [0.1, 0.15) is 0 Å². The van der Waals surface area contributed by atoms with E-state index in [2.05, 4.69) is 9.97 Å². The van der Waals surface area contributed by atoms with Gasteiger partial charge in [0, 0.05) is 11.9 Å². The monoisotopic (exact) mass is 207 g/mol. The highest BCUT2D eigenvalue weighted by Crippen LogP contribution is 2.18. The summed E-state index contributed by atoms with van der Waals surface area (Å²) in [4.78, 5) is 8.21. The largest absolute Gasteiger partial charge is 0.325 e. The Morgan fingerprint density at radius 2 is 2.14 bits per heavy atom. The number of aromatic nitrogens is 2. The lowest BCUT2D eigenvalue weighted by Crippen LogP contribution is -2.02. The molecule has 0 aliphatic heterocycles. The van der Waals surface area contributed by atoms with Crippen LogP contribution in [0.5, 0.6) is 0 Å². The number of hydrogen-bond acceptors (Lipinski definition) is 3. The molecule has 3 nitrogen and oxygen atoms in total. The quantitative estimate of drug-likeness (QED) is 0.729. The van der Waals surface area contributed by atoms with Crippen molar-refractivity contribution in [3.8, 4) is 0 Å². The standard InChI is InChI=1S/C10H10ClN3/c1-6-2-3-8-7(4-6)9(5-12)14-10(11)13-8/h2-4H,5,12H2,1H3. The molecule has 0 fully saturated rings. The summed E-state index contributed by atoms with van der Waals surface area (Å²) in [7, 11) is 0. The van der Waals surface area contributed by atoms with E-state index in [0.717, 1.165) is 22.2 Å². The first kappa shape index (κ1) is 9.37. The highest BCUT2D eigenvalue weighted by atomic mass is 35.5. The fourth-order valence-corrected chi connectivity index (χ4v) is 1.62. The van der Waals surface area contributed by atoms with Crippen molar-refractivity contribution >= 4 is 22.5 Å². The first-order valence-electron chi connectivity index (χ1n) is 4.33. The molecule has 0 bridgehead atoms. The van der Waals surface area contributed by atoms with Gasteiger partial charge in [-0.1, -0.05) is 11.6 Å². The predicted molar refractivity (Wildman–Crippen MR) is 57.2 cm³/mol. The third kappa shape index (κ3) is 1.56. The van der Waals surface area contributed by atoms with Crippen LogP contribution in [0.3, 0.4) is 0 Å². The third-order valence-corrected chi connectivity index (χ3v) is 2.27. The van der Waals surface area contributed by atoms with E-state index in [9.17, 15) is 0 Å². The average molecular weight is 208 g/mol. The maximum absolute atomic E-state index is 5.76. The molecule has 1 aromatic carbocycles. The minimum Gasteiger partial charge on any atom is -0.325 e. The summed E-state index contributed by atoms with van der Waals surface area (Å²) in [6.45, 7) is 2.40. The summed E-state index contributed by atoms with van der Waals surface area (Å²) in [5, 5.41) is 1.23. The van der Waals surface area contributed by atoms with Crippen molar-refractivity contribution in [2.45, 2.75) is 13.5 Å². The van der Waals surface area contributed by atoms with Crippen molar-refractivity contribution in [1.29, 1.82) is 0 Å². The molecule has 0 atom stereocenters. The van der Waals surface area contributed by atoms with Crippen molar-refractivity contribution in [1.82, 2.24) is 9.97 Å². The van der Waals surface area contributed by atoms with Gasteiger partial charge in [0.15, 0.2) is 0 Å². The molecule has 72 valence electrons. The molecule has 0 amide bonds. The van der Waals surface area contributed by atoms with Crippen LogP contribution in [0.1, 0.15) is 11.3 Å². The summed E-state index contributed by atoms with van der Waals surface area (Å²) in [5.74, 6) is 0. The Hall–Kier alpha value is -1.19. The van der Waals surface area contributed by atoms with Gasteiger partial charge >= 0.3 is 0 Å². The Morgan fingerprint density at radius 1 is 1.36 bits per heavy atom. The predicted octanol–water partition coefficient (Wildman–Crippen LogP) is 2.05. The molecule has 2 aromatic rings. The Bertz CT molecular complexity index is 482. The van der Waals surface area contributed by atoms with Gasteiger partial charge in [0.2, 0.25) is 5.28 Å².